The number of ether oxygens (including phenoxy) is 1. The lowest BCUT2D eigenvalue weighted by atomic mass is 9.97. The molecular formula is C27H34N6O4. The van der Waals surface area contributed by atoms with Crippen molar-refractivity contribution >= 4 is 22.8 Å². The molecule has 37 heavy (non-hydrogen) atoms. The molecule has 0 radical (unpaired) electrons. The number of hydrogen-bond acceptors (Lipinski definition) is 7. The fraction of sp³-hybridized carbons (Fsp3) is 0.481. The molecule has 0 saturated carbocycles. The number of likely N-dealkylation sites (tertiary alicyclic amines) is 2. The fourth-order valence-corrected chi connectivity index (χ4v) is 5.41. The monoisotopic (exact) mass is 506 g/mol. The van der Waals surface area contributed by atoms with Crippen LogP contribution in [0.1, 0.15) is 47.6 Å². The van der Waals surface area contributed by atoms with E-state index in [-0.39, 0.29) is 30.9 Å². The van der Waals surface area contributed by atoms with Gasteiger partial charge < -0.3 is 29.9 Å². The molecule has 0 spiro atoms. The van der Waals surface area contributed by atoms with Gasteiger partial charge in [-0.2, -0.15) is 0 Å². The Kier molecular flexibility index (Phi) is 7.66. The zero-order chi connectivity index (χ0) is 25.8. The van der Waals surface area contributed by atoms with Crippen LogP contribution in [0.15, 0.2) is 36.4 Å². The minimum absolute atomic E-state index is 0.00748. The number of carbonyl (C=O) groups is 2. The van der Waals surface area contributed by atoms with Gasteiger partial charge in [-0.1, -0.05) is 6.07 Å². The number of aromatic amines is 1. The molecule has 1 aromatic carbocycles. The van der Waals surface area contributed by atoms with E-state index in [9.17, 15) is 14.7 Å². The van der Waals surface area contributed by atoms with Gasteiger partial charge in [-0.25, -0.2) is 9.97 Å². The molecule has 5 rings (SSSR count). The summed E-state index contributed by atoms with van der Waals surface area (Å²) in [5.74, 6) is 1.04. The average molecular weight is 507 g/mol. The molecule has 2 amide bonds. The van der Waals surface area contributed by atoms with Crippen LogP contribution in [0.3, 0.4) is 0 Å². The first-order chi connectivity index (χ1) is 18.0. The number of methoxy groups -OCH3 is 1. The summed E-state index contributed by atoms with van der Waals surface area (Å²) < 4.78 is 5.14. The van der Waals surface area contributed by atoms with Crippen LogP contribution in [-0.2, 0) is 17.8 Å². The maximum Gasteiger partial charge on any atom is 0.253 e. The Morgan fingerprint density at radius 1 is 1.08 bits per heavy atom. The second-order valence-corrected chi connectivity index (χ2v) is 9.82. The van der Waals surface area contributed by atoms with Gasteiger partial charge in [-0.05, 0) is 49.9 Å². The first kappa shape index (κ1) is 25.2. The van der Waals surface area contributed by atoms with E-state index < -0.39 is 0 Å². The number of fused-ring (bicyclic) bond motifs is 1. The second-order valence-electron chi connectivity index (χ2n) is 9.82. The van der Waals surface area contributed by atoms with Crippen molar-refractivity contribution < 1.29 is 19.4 Å². The predicted octanol–water partition coefficient (Wildman–Crippen LogP) is 1.89. The molecule has 10 nitrogen and oxygen atoms in total. The third kappa shape index (κ3) is 5.91. The van der Waals surface area contributed by atoms with Crippen molar-refractivity contribution in [2.24, 2.45) is 0 Å². The highest BCUT2D eigenvalue weighted by atomic mass is 16.5. The van der Waals surface area contributed by atoms with Crippen molar-refractivity contribution in [2.45, 2.75) is 50.8 Å². The zero-order valence-corrected chi connectivity index (χ0v) is 21.2. The zero-order valence-electron chi connectivity index (χ0n) is 21.2. The molecular weight excluding hydrogens is 472 g/mol. The first-order valence-corrected chi connectivity index (χ1v) is 12.9. The Morgan fingerprint density at radius 3 is 2.59 bits per heavy atom. The molecule has 2 saturated heterocycles. The molecule has 0 unspecified atom stereocenters. The van der Waals surface area contributed by atoms with E-state index in [0.29, 0.717) is 29.0 Å². The summed E-state index contributed by atoms with van der Waals surface area (Å²) in [6, 6.07) is 11.5. The van der Waals surface area contributed by atoms with Crippen LogP contribution in [0.4, 0.5) is 0 Å². The van der Waals surface area contributed by atoms with E-state index >= 15 is 0 Å². The molecule has 2 aromatic heterocycles. The fourth-order valence-electron chi connectivity index (χ4n) is 5.41. The molecule has 2 aliphatic rings. The largest absolute Gasteiger partial charge is 0.481 e. The highest BCUT2D eigenvalue weighted by Gasteiger charge is 2.30. The Labute approximate surface area is 216 Å². The molecule has 0 bridgehead atoms. The van der Waals surface area contributed by atoms with E-state index in [1.165, 1.54) is 0 Å². The number of piperidine rings is 2. The second kappa shape index (κ2) is 11.3. The minimum atomic E-state index is -0.157. The van der Waals surface area contributed by atoms with Crippen LogP contribution in [0.25, 0.3) is 11.0 Å². The summed E-state index contributed by atoms with van der Waals surface area (Å²) in [6.07, 6.45) is 4.00. The van der Waals surface area contributed by atoms with Gasteiger partial charge in [0.2, 0.25) is 11.8 Å². The van der Waals surface area contributed by atoms with Crippen LogP contribution in [-0.4, -0.2) is 87.0 Å². The van der Waals surface area contributed by atoms with Crippen molar-refractivity contribution in [1.29, 1.82) is 0 Å². The number of nitrogens with zero attached hydrogens (tertiary/aromatic N) is 4. The number of nitrogens with one attached hydrogen (secondary N) is 2. The molecule has 0 atom stereocenters. The van der Waals surface area contributed by atoms with Crippen LogP contribution in [0, 0.1) is 0 Å². The summed E-state index contributed by atoms with van der Waals surface area (Å²) >= 11 is 0. The smallest absolute Gasteiger partial charge is 0.253 e. The average Bonchev–Trinajstić information content (AvgIpc) is 3.36. The number of amides is 2. The lowest BCUT2D eigenvalue weighted by Crippen LogP contribution is -2.51. The normalized spacial score (nSPS) is 17.7. The molecule has 4 heterocycles. The number of rotatable bonds is 7. The minimum Gasteiger partial charge on any atom is -0.481 e. The maximum atomic E-state index is 13.1. The number of carbonyl (C=O) groups excluding carboxylic acids is 2. The molecule has 3 N–H and O–H groups in total. The van der Waals surface area contributed by atoms with Gasteiger partial charge in [0, 0.05) is 49.9 Å². The van der Waals surface area contributed by atoms with E-state index in [0.717, 1.165) is 62.9 Å². The SMILES string of the molecule is COc1cccc(CC(=O)NC2CCN(C3CCN(C(=O)c4ccc5nc(CO)[nH]c5c4)CC3)CC2)n1. The van der Waals surface area contributed by atoms with Crippen LogP contribution in [0.2, 0.25) is 0 Å². The summed E-state index contributed by atoms with van der Waals surface area (Å²) in [5, 5.41) is 12.4. The number of aliphatic hydroxyl groups excluding tert-OH is 1. The Morgan fingerprint density at radius 2 is 1.86 bits per heavy atom. The molecule has 2 aliphatic heterocycles. The Balaban J connectivity index is 1.07. The van der Waals surface area contributed by atoms with E-state index in [1.807, 2.05) is 35.2 Å². The summed E-state index contributed by atoms with van der Waals surface area (Å²) in [5.41, 5.74) is 2.85. The van der Waals surface area contributed by atoms with Gasteiger partial charge in [0.05, 0.1) is 30.3 Å². The van der Waals surface area contributed by atoms with Crippen LogP contribution < -0.4 is 10.1 Å². The van der Waals surface area contributed by atoms with Crippen molar-refractivity contribution in [3.05, 3.63) is 53.5 Å². The highest BCUT2D eigenvalue weighted by Crippen LogP contribution is 2.23. The van der Waals surface area contributed by atoms with Crippen molar-refractivity contribution in [2.75, 3.05) is 33.3 Å². The Hall–Kier alpha value is -3.50. The van der Waals surface area contributed by atoms with Gasteiger partial charge in [0.25, 0.3) is 5.91 Å². The Bertz CT molecular complexity index is 1240. The van der Waals surface area contributed by atoms with Crippen LogP contribution in [0.5, 0.6) is 5.88 Å². The number of aliphatic hydroxyl groups is 1. The number of H-pyrrole nitrogens is 1. The van der Waals surface area contributed by atoms with Crippen LogP contribution >= 0.6 is 0 Å². The number of pyridine rings is 1. The lowest BCUT2D eigenvalue weighted by molar-refractivity contribution is -0.121. The van der Waals surface area contributed by atoms with Gasteiger partial charge in [0.1, 0.15) is 12.4 Å². The van der Waals surface area contributed by atoms with E-state index in [4.69, 9.17) is 4.74 Å². The number of benzene rings is 1. The quantitative estimate of drug-likeness (QED) is 0.447. The third-order valence-corrected chi connectivity index (χ3v) is 7.42. The molecule has 196 valence electrons. The van der Waals surface area contributed by atoms with E-state index in [2.05, 4.69) is 25.2 Å². The predicted molar refractivity (Wildman–Crippen MR) is 138 cm³/mol. The number of aromatic nitrogens is 3. The third-order valence-electron chi connectivity index (χ3n) is 7.42. The van der Waals surface area contributed by atoms with Crippen molar-refractivity contribution in [3.8, 4) is 5.88 Å². The standard InChI is InChI=1S/C27H34N6O4/c1-37-26-4-2-3-20(29-26)16-25(35)28-19-7-11-32(12-8-19)21-9-13-33(14-10-21)27(36)18-5-6-22-23(15-18)31-24(17-34)30-22/h2-6,15,19,21,34H,7-14,16-17H2,1H3,(H,28,35)(H,30,31). The van der Waals surface area contributed by atoms with Crippen molar-refractivity contribution in [3.63, 3.8) is 0 Å². The first-order valence-electron chi connectivity index (χ1n) is 12.9. The molecule has 10 heteroatoms. The number of imidazole rings is 1. The number of hydrogen-bond donors (Lipinski definition) is 3. The van der Waals surface area contributed by atoms with Gasteiger partial charge >= 0.3 is 0 Å². The highest BCUT2D eigenvalue weighted by molar-refractivity contribution is 5.97. The summed E-state index contributed by atoms with van der Waals surface area (Å²) in [6.45, 7) is 3.21. The van der Waals surface area contributed by atoms with Gasteiger partial charge in [-0.3, -0.25) is 9.59 Å². The maximum absolute atomic E-state index is 13.1. The molecule has 0 aliphatic carbocycles. The van der Waals surface area contributed by atoms with Gasteiger partial charge in [0.15, 0.2) is 0 Å². The molecule has 2 fully saturated rings. The van der Waals surface area contributed by atoms with E-state index in [1.54, 1.807) is 13.2 Å². The topological polar surface area (TPSA) is 124 Å². The lowest BCUT2D eigenvalue weighted by Gasteiger charge is -2.42. The summed E-state index contributed by atoms with van der Waals surface area (Å²) in [7, 11) is 1.57. The molecule has 3 aromatic rings. The van der Waals surface area contributed by atoms with Crippen molar-refractivity contribution in [1.82, 2.24) is 30.1 Å². The van der Waals surface area contributed by atoms with Gasteiger partial charge in [-0.15, -0.1) is 0 Å². The summed E-state index contributed by atoms with van der Waals surface area (Å²) in [4.78, 5) is 41.7.